The summed E-state index contributed by atoms with van der Waals surface area (Å²) in [4.78, 5) is 28.8. The zero-order valence-electron chi connectivity index (χ0n) is 36.8. The molecule has 0 aromatic heterocycles. The number of sulfonamides is 1. The number of rotatable bonds is 21. The number of hydrazone groups is 1. The lowest BCUT2D eigenvalue weighted by atomic mass is 10.1. The SMILES string of the molecule is CCCCCCCCCCCCOc1ccc(NC(=O)c2cc(Cl)ccc2Cl)cc1NC1=NN(c2c(Cl)c(Cl)c(Cl)c(Cl)c2Cl)C(=O)C1Sc1ccc(N(C)S(=O)(=O)c2ccc(C)cc2)cc1. The normalized spacial score (nSPS) is 13.8. The molecule has 1 unspecified atom stereocenters. The van der Waals surface area contributed by atoms with E-state index in [9.17, 15) is 18.0 Å². The van der Waals surface area contributed by atoms with Crippen molar-refractivity contribution in [2.75, 3.05) is 33.6 Å². The molecule has 1 aliphatic heterocycles. The molecule has 1 aliphatic rings. The molecule has 0 fully saturated rings. The topological polar surface area (TPSA) is 120 Å². The molecule has 2 N–H and O–H groups in total. The van der Waals surface area contributed by atoms with Gasteiger partial charge in [-0.15, -0.1) is 16.9 Å². The average molecular weight is 1090 g/mol. The van der Waals surface area contributed by atoms with Crippen LogP contribution in [0.25, 0.3) is 0 Å². The van der Waals surface area contributed by atoms with Gasteiger partial charge in [-0.2, -0.15) is 5.01 Å². The second kappa shape index (κ2) is 24.3. The van der Waals surface area contributed by atoms with Crippen molar-refractivity contribution in [3.63, 3.8) is 0 Å². The molecule has 5 aromatic carbocycles. The van der Waals surface area contributed by atoms with E-state index in [0.29, 0.717) is 39.3 Å². The third-order valence-electron chi connectivity index (χ3n) is 10.8. The molecule has 2 amide bonds. The Kier molecular flexibility index (Phi) is 19.2. The molecule has 356 valence electrons. The Morgan fingerprint density at radius 1 is 0.761 bits per heavy atom. The molecule has 6 rings (SSSR count). The predicted molar refractivity (Wildman–Crippen MR) is 281 cm³/mol. The highest BCUT2D eigenvalue weighted by Gasteiger charge is 2.41. The maximum atomic E-state index is 14.6. The molecule has 10 nitrogen and oxygen atoms in total. The van der Waals surface area contributed by atoms with Crippen molar-refractivity contribution in [3.05, 3.63) is 131 Å². The number of hydrogen-bond donors (Lipinski definition) is 2. The van der Waals surface area contributed by atoms with Gasteiger partial charge in [-0.1, -0.05) is 164 Å². The fraction of sp³-hybridized carbons (Fsp3) is 0.312. The third-order valence-corrected chi connectivity index (χ3v) is 16.7. The number of carbonyl (C=O) groups is 2. The second-order valence-electron chi connectivity index (χ2n) is 15.8. The molecular formula is C48H48Cl7N5O5S2. The van der Waals surface area contributed by atoms with Crippen LogP contribution in [-0.2, 0) is 14.8 Å². The van der Waals surface area contributed by atoms with Crippen LogP contribution in [0, 0.1) is 6.92 Å². The molecule has 0 radical (unpaired) electrons. The number of carbonyl (C=O) groups excluding carboxylic acids is 2. The van der Waals surface area contributed by atoms with Gasteiger partial charge in [0.15, 0.2) is 11.1 Å². The van der Waals surface area contributed by atoms with Gasteiger partial charge in [0.25, 0.3) is 21.8 Å². The van der Waals surface area contributed by atoms with Crippen LogP contribution >= 0.6 is 93.0 Å². The molecule has 5 aromatic rings. The number of halogens is 7. The van der Waals surface area contributed by atoms with Crippen LogP contribution in [0.5, 0.6) is 5.75 Å². The minimum atomic E-state index is -3.88. The number of aryl methyl sites for hydroxylation is 1. The van der Waals surface area contributed by atoms with Crippen LogP contribution in [0.15, 0.2) is 99.8 Å². The van der Waals surface area contributed by atoms with Crippen LogP contribution in [0.1, 0.15) is 87.1 Å². The second-order valence-corrected chi connectivity index (χ2v) is 21.7. The summed E-state index contributed by atoms with van der Waals surface area (Å²) in [7, 11) is -2.41. The number of amides is 2. The van der Waals surface area contributed by atoms with Gasteiger partial charge in [0.1, 0.15) is 11.4 Å². The van der Waals surface area contributed by atoms with E-state index < -0.39 is 27.1 Å². The van der Waals surface area contributed by atoms with Crippen molar-refractivity contribution in [3.8, 4) is 5.75 Å². The highest BCUT2D eigenvalue weighted by atomic mass is 35.5. The summed E-state index contributed by atoms with van der Waals surface area (Å²) in [6, 6.07) is 22.9. The molecule has 0 bridgehead atoms. The number of unbranched alkanes of at least 4 members (excludes halogenated alkanes) is 9. The molecule has 1 atom stereocenters. The quantitative estimate of drug-likeness (QED) is 0.0426. The lowest BCUT2D eigenvalue weighted by molar-refractivity contribution is -0.116. The fourth-order valence-electron chi connectivity index (χ4n) is 7.06. The summed E-state index contributed by atoms with van der Waals surface area (Å²) in [5, 5.41) is 10.7. The Morgan fingerprint density at radius 3 is 1.99 bits per heavy atom. The summed E-state index contributed by atoms with van der Waals surface area (Å²) in [6.45, 7) is 4.50. The lowest BCUT2D eigenvalue weighted by Gasteiger charge is -2.21. The van der Waals surface area contributed by atoms with Crippen molar-refractivity contribution in [2.45, 2.75) is 93.1 Å². The number of hydrogen-bond acceptors (Lipinski definition) is 8. The van der Waals surface area contributed by atoms with E-state index in [1.807, 2.05) is 6.92 Å². The van der Waals surface area contributed by atoms with E-state index in [0.717, 1.165) is 48.0 Å². The molecular weight excluding hydrogens is 1040 g/mol. The monoisotopic (exact) mass is 1080 g/mol. The van der Waals surface area contributed by atoms with Crippen LogP contribution < -0.4 is 24.7 Å². The van der Waals surface area contributed by atoms with Crippen molar-refractivity contribution in [1.82, 2.24) is 0 Å². The first-order valence-corrected chi connectivity index (χ1v) is 26.5. The largest absolute Gasteiger partial charge is 0.491 e. The van der Waals surface area contributed by atoms with Gasteiger partial charge < -0.3 is 15.4 Å². The van der Waals surface area contributed by atoms with E-state index in [-0.39, 0.29) is 52.1 Å². The van der Waals surface area contributed by atoms with Crippen LogP contribution in [0.4, 0.5) is 22.7 Å². The minimum Gasteiger partial charge on any atom is -0.491 e. The van der Waals surface area contributed by atoms with Crippen molar-refractivity contribution >= 4 is 143 Å². The molecule has 19 heteroatoms. The van der Waals surface area contributed by atoms with Gasteiger partial charge in [-0.05, 0) is 86.1 Å². The highest BCUT2D eigenvalue weighted by molar-refractivity contribution is 8.01. The van der Waals surface area contributed by atoms with E-state index >= 15 is 0 Å². The van der Waals surface area contributed by atoms with Gasteiger partial charge >= 0.3 is 0 Å². The highest BCUT2D eigenvalue weighted by Crippen LogP contribution is 2.50. The molecule has 1 heterocycles. The summed E-state index contributed by atoms with van der Waals surface area (Å²) >= 11 is 46.3. The van der Waals surface area contributed by atoms with E-state index in [4.69, 9.17) is 91.0 Å². The van der Waals surface area contributed by atoms with Crippen molar-refractivity contribution in [1.29, 1.82) is 0 Å². The van der Waals surface area contributed by atoms with E-state index in [2.05, 4.69) is 17.6 Å². The summed E-state index contributed by atoms with van der Waals surface area (Å²) in [5.74, 6) is -0.547. The Balaban J connectivity index is 1.30. The predicted octanol–water partition coefficient (Wildman–Crippen LogP) is 15.9. The maximum absolute atomic E-state index is 14.6. The smallest absolute Gasteiger partial charge is 0.268 e. The first-order chi connectivity index (χ1) is 32.0. The Morgan fingerprint density at radius 2 is 1.36 bits per heavy atom. The van der Waals surface area contributed by atoms with Crippen LogP contribution in [-0.4, -0.2) is 45.0 Å². The van der Waals surface area contributed by atoms with Gasteiger partial charge in [-0.3, -0.25) is 13.9 Å². The van der Waals surface area contributed by atoms with Gasteiger partial charge in [0.05, 0.1) is 58.6 Å². The Labute approximate surface area is 431 Å². The number of anilines is 4. The average Bonchev–Trinajstić information content (AvgIpc) is 3.60. The molecule has 0 saturated carbocycles. The number of amidine groups is 1. The number of nitrogens with zero attached hydrogens (tertiary/aromatic N) is 3. The number of ether oxygens (including phenoxy) is 1. The molecule has 0 saturated heterocycles. The maximum Gasteiger partial charge on any atom is 0.268 e. The standard InChI is InChI=1S/C48H48Cl7N5O5S2/c1-4-5-6-7-8-9-10-11-12-13-26-65-38-25-17-31(56-47(61)35-27-30(49)16-24-36(35)50)28-37(38)57-46-45(48(62)60(58-46)44-42(54)40(52)39(51)41(53)43(44)55)66-33-20-18-32(19-21-33)59(3)67(63,64)34-22-14-29(2)15-23-34/h14-25,27-28,45H,4-13,26H2,1-3H3,(H,56,61)(H,57,58). The van der Waals surface area contributed by atoms with Crippen LogP contribution in [0.2, 0.25) is 35.2 Å². The molecule has 67 heavy (non-hydrogen) atoms. The number of nitrogens with one attached hydrogen (secondary N) is 2. The Hall–Kier alpha value is -3.56. The first-order valence-electron chi connectivity index (χ1n) is 21.6. The molecule has 0 aliphatic carbocycles. The lowest BCUT2D eigenvalue weighted by Crippen LogP contribution is -2.32. The zero-order valence-corrected chi connectivity index (χ0v) is 43.7. The third kappa shape index (κ3) is 13.2. The van der Waals surface area contributed by atoms with Crippen molar-refractivity contribution in [2.24, 2.45) is 5.10 Å². The van der Waals surface area contributed by atoms with Gasteiger partial charge in [-0.25, -0.2) is 8.42 Å². The number of benzene rings is 5. The van der Waals surface area contributed by atoms with Crippen molar-refractivity contribution < 1.29 is 22.7 Å². The Bertz CT molecular complexity index is 2700. The zero-order chi connectivity index (χ0) is 48.4. The molecule has 0 spiro atoms. The number of thioether (sulfide) groups is 1. The minimum absolute atomic E-state index is 0.0923. The van der Waals surface area contributed by atoms with E-state index in [1.165, 1.54) is 62.0 Å². The first kappa shape index (κ1) is 52.8. The summed E-state index contributed by atoms with van der Waals surface area (Å²) < 4.78 is 34.5. The van der Waals surface area contributed by atoms with Gasteiger partial charge in [0.2, 0.25) is 0 Å². The van der Waals surface area contributed by atoms with Crippen LogP contribution in [0.3, 0.4) is 0 Å². The summed E-state index contributed by atoms with van der Waals surface area (Å²) in [6.07, 6.45) is 11.6. The van der Waals surface area contributed by atoms with Gasteiger partial charge in [0, 0.05) is 22.7 Å². The van der Waals surface area contributed by atoms with E-state index in [1.54, 1.807) is 72.8 Å². The fourth-order valence-corrected chi connectivity index (χ4v) is 10.9. The summed E-state index contributed by atoms with van der Waals surface area (Å²) in [5.41, 5.74) is 2.13.